The van der Waals surface area contributed by atoms with Crippen molar-refractivity contribution in [1.82, 2.24) is 10.6 Å². The zero-order chi connectivity index (χ0) is 16.0. The van der Waals surface area contributed by atoms with Gasteiger partial charge in [0, 0.05) is 19.1 Å². The first kappa shape index (κ1) is 16.6. The van der Waals surface area contributed by atoms with Crippen LogP contribution in [0.25, 0.3) is 0 Å². The van der Waals surface area contributed by atoms with E-state index in [4.69, 9.17) is 0 Å². The third kappa shape index (κ3) is 5.22. The molecule has 6 nitrogen and oxygen atoms in total. The molecule has 1 aromatic carbocycles. The highest BCUT2D eigenvalue weighted by Crippen LogP contribution is 2.12. The van der Waals surface area contributed by atoms with Crippen molar-refractivity contribution in [3.05, 3.63) is 29.8 Å². The Morgan fingerprint density at radius 1 is 1.45 bits per heavy atom. The first-order valence-corrected chi connectivity index (χ1v) is 9.34. The van der Waals surface area contributed by atoms with Crippen molar-refractivity contribution in [3.63, 3.8) is 0 Å². The molecule has 0 radical (unpaired) electrons. The van der Waals surface area contributed by atoms with Crippen LogP contribution < -0.4 is 10.6 Å². The number of phenols is 1. The molecule has 0 aromatic heterocycles. The van der Waals surface area contributed by atoms with E-state index in [-0.39, 0.29) is 23.3 Å². The molecule has 1 unspecified atom stereocenters. The lowest BCUT2D eigenvalue weighted by Crippen LogP contribution is -2.44. The van der Waals surface area contributed by atoms with Gasteiger partial charge < -0.3 is 15.7 Å². The minimum atomic E-state index is -2.90. The Hall–Kier alpha value is -1.76. The van der Waals surface area contributed by atoms with Gasteiger partial charge in [-0.3, -0.25) is 4.99 Å². The largest absolute Gasteiger partial charge is 0.508 e. The van der Waals surface area contributed by atoms with Crippen LogP contribution in [0.5, 0.6) is 5.75 Å². The molecule has 1 fully saturated rings. The van der Waals surface area contributed by atoms with Crippen molar-refractivity contribution in [2.24, 2.45) is 4.99 Å². The topological polar surface area (TPSA) is 90.8 Å². The second kappa shape index (κ2) is 7.49. The van der Waals surface area contributed by atoms with E-state index in [0.717, 1.165) is 12.1 Å². The average molecular weight is 325 g/mol. The van der Waals surface area contributed by atoms with Gasteiger partial charge in [0.2, 0.25) is 0 Å². The van der Waals surface area contributed by atoms with E-state index in [1.807, 2.05) is 13.0 Å². The van der Waals surface area contributed by atoms with Crippen LogP contribution in [0.15, 0.2) is 29.3 Å². The minimum Gasteiger partial charge on any atom is -0.508 e. The Labute approximate surface area is 131 Å². The molecular weight excluding hydrogens is 302 g/mol. The van der Waals surface area contributed by atoms with E-state index in [2.05, 4.69) is 15.6 Å². The van der Waals surface area contributed by atoms with E-state index in [1.165, 1.54) is 0 Å². The predicted molar refractivity (Wildman–Crippen MR) is 88.0 cm³/mol. The maximum absolute atomic E-state index is 11.5. The van der Waals surface area contributed by atoms with Crippen LogP contribution in [0.2, 0.25) is 0 Å². The van der Waals surface area contributed by atoms with Gasteiger partial charge in [-0.2, -0.15) is 0 Å². The minimum absolute atomic E-state index is 0.0661. The Kier molecular flexibility index (Phi) is 5.65. The van der Waals surface area contributed by atoms with Crippen molar-refractivity contribution < 1.29 is 13.5 Å². The Morgan fingerprint density at radius 2 is 2.27 bits per heavy atom. The lowest BCUT2D eigenvalue weighted by molar-refractivity contribution is 0.474. The van der Waals surface area contributed by atoms with Gasteiger partial charge in [0.25, 0.3) is 0 Å². The number of hydrogen-bond acceptors (Lipinski definition) is 4. The first-order chi connectivity index (χ1) is 10.5. The third-order valence-corrected chi connectivity index (χ3v) is 5.27. The summed E-state index contributed by atoms with van der Waals surface area (Å²) in [5.41, 5.74) is 1.02. The van der Waals surface area contributed by atoms with E-state index in [1.54, 1.807) is 18.2 Å². The van der Waals surface area contributed by atoms with Gasteiger partial charge in [-0.1, -0.05) is 12.1 Å². The molecule has 0 aliphatic carbocycles. The number of hydrogen-bond donors (Lipinski definition) is 3. The van der Waals surface area contributed by atoms with Crippen LogP contribution in [0.3, 0.4) is 0 Å². The molecule has 0 spiro atoms. The fourth-order valence-electron chi connectivity index (χ4n) is 2.43. The number of rotatable bonds is 5. The quantitative estimate of drug-likeness (QED) is 0.547. The number of aliphatic imine (C=N–C) groups is 1. The fraction of sp³-hybridized carbons (Fsp3) is 0.533. The number of benzene rings is 1. The number of guanidine groups is 1. The molecule has 2 rings (SSSR count). The van der Waals surface area contributed by atoms with Crippen LogP contribution in [-0.4, -0.2) is 50.1 Å². The Bertz CT molecular complexity index is 629. The van der Waals surface area contributed by atoms with Gasteiger partial charge in [0.15, 0.2) is 15.8 Å². The van der Waals surface area contributed by atoms with Crippen molar-refractivity contribution in [3.8, 4) is 5.75 Å². The summed E-state index contributed by atoms with van der Waals surface area (Å²) in [5, 5.41) is 15.7. The Balaban J connectivity index is 1.90. The maximum atomic E-state index is 11.5. The number of nitrogens with one attached hydrogen (secondary N) is 2. The molecule has 1 heterocycles. The van der Waals surface area contributed by atoms with E-state index < -0.39 is 9.84 Å². The number of phenolic OH excluding ortho intramolecular Hbond substituents is 1. The molecule has 1 saturated heterocycles. The third-order valence-electron chi connectivity index (χ3n) is 3.50. The molecule has 1 aliphatic heterocycles. The lowest BCUT2D eigenvalue weighted by atomic mass is 10.1. The van der Waals surface area contributed by atoms with Crippen LogP contribution in [0.4, 0.5) is 0 Å². The van der Waals surface area contributed by atoms with Crippen molar-refractivity contribution in [2.75, 3.05) is 24.6 Å². The summed E-state index contributed by atoms with van der Waals surface area (Å²) >= 11 is 0. The number of aromatic hydroxyl groups is 1. The molecule has 3 N–H and O–H groups in total. The van der Waals surface area contributed by atoms with Gasteiger partial charge in [-0.25, -0.2) is 8.42 Å². The van der Waals surface area contributed by atoms with Crippen LogP contribution in [0.1, 0.15) is 18.9 Å². The van der Waals surface area contributed by atoms with Crippen molar-refractivity contribution in [2.45, 2.75) is 25.8 Å². The zero-order valence-corrected chi connectivity index (χ0v) is 13.6. The summed E-state index contributed by atoms with van der Waals surface area (Å²) in [6, 6.07) is 7.04. The monoisotopic (exact) mass is 325 g/mol. The standard InChI is InChI=1S/C15H23N3O3S/c1-2-16-15(18-13-7-9-22(20,21)11-13)17-8-6-12-4-3-5-14(19)10-12/h3-5,10,13,19H,2,6-9,11H2,1H3,(H2,16,17,18). The molecule has 0 bridgehead atoms. The molecule has 122 valence electrons. The van der Waals surface area contributed by atoms with E-state index in [9.17, 15) is 13.5 Å². The smallest absolute Gasteiger partial charge is 0.191 e. The second-order valence-electron chi connectivity index (χ2n) is 5.42. The number of nitrogens with zero attached hydrogens (tertiary/aromatic N) is 1. The molecule has 1 atom stereocenters. The molecule has 1 aliphatic rings. The van der Waals surface area contributed by atoms with Crippen molar-refractivity contribution >= 4 is 15.8 Å². The molecule has 0 amide bonds. The molecule has 22 heavy (non-hydrogen) atoms. The summed E-state index contributed by atoms with van der Waals surface area (Å²) in [5.74, 6) is 1.31. The normalized spacial score (nSPS) is 20.8. The highest BCUT2D eigenvalue weighted by atomic mass is 32.2. The Morgan fingerprint density at radius 3 is 2.91 bits per heavy atom. The van der Waals surface area contributed by atoms with E-state index >= 15 is 0 Å². The average Bonchev–Trinajstić information content (AvgIpc) is 2.78. The van der Waals surface area contributed by atoms with Crippen LogP contribution >= 0.6 is 0 Å². The number of sulfone groups is 1. The zero-order valence-electron chi connectivity index (χ0n) is 12.7. The van der Waals surface area contributed by atoms with Crippen molar-refractivity contribution in [1.29, 1.82) is 0 Å². The molecule has 7 heteroatoms. The SMILES string of the molecule is CCNC(=NCCc1cccc(O)c1)NC1CCS(=O)(=O)C1. The molecule has 1 aromatic rings. The summed E-state index contributed by atoms with van der Waals surface area (Å²) in [6.07, 6.45) is 1.34. The van der Waals surface area contributed by atoms with Gasteiger partial charge >= 0.3 is 0 Å². The van der Waals surface area contributed by atoms with Gasteiger partial charge in [-0.15, -0.1) is 0 Å². The van der Waals surface area contributed by atoms with Gasteiger partial charge in [0.05, 0.1) is 11.5 Å². The van der Waals surface area contributed by atoms with Crippen LogP contribution in [-0.2, 0) is 16.3 Å². The van der Waals surface area contributed by atoms with Crippen LogP contribution in [0, 0.1) is 0 Å². The molecule has 0 saturated carbocycles. The highest BCUT2D eigenvalue weighted by Gasteiger charge is 2.28. The lowest BCUT2D eigenvalue weighted by Gasteiger charge is -2.15. The summed E-state index contributed by atoms with van der Waals surface area (Å²) in [7, 11) is -2.90. The highest BCUT2D eigenvalue weighted by molar-refractivity contribution is 7.91. The van der Waals surface area contributed by atoms with Gasteiger partial charge in [0.1, 0.15) is 5.75 Å². The fourth-order valence-corrected chi connectivity index (χ4v) is 4.10. The molecular formula is C15H23N3O3S. The summed E-state index contributed by atoms with van der Waals surface area (Å²) in [4.78, 5) is 4.47. The first-order valence-electron chi connectivity index (χ1n) is 7.51. The summed E-state index contributed by atoms with van der Waals surface area (Å²) in [6.45, 7) is 3.26. The predicted octanol–water partition coefficient (Wildman–Crippen LogP) is 0.677. The van der Waals surface area contributed by atoms with E-state index in [0.29, 0.717) is 25.3 Å². The second-order valence-corrected chi connectivity index (χ2v) is 7.65. The maximum Gasteiger partial charge on any atom is 0.191 e. The van der Waals surface area contributed by atoms with Gasteiger partial charge in [-0.05, 0) is 37.5 Å². The summed E-state index contributed by atoms with van der Waals surface area (Å²) < 4.78 is 23.0.